The average Bonchev–Trinajstić information content (AvgIpc) is 3.15. The van der Waals surface area contributed by atoms with Crippen molar-refractivity contribution in [3.05, 3.63) is 45.5 Å². The Morgan fingerprint density at radius 1 is 1.39 bits per heavy atom. The van der Waals surface area contributed by atoms with Gasteiger partial charge in [0.05, 0.1) is 5.56 Å². The van der Waals surface area contributed by atoms with Gasteiger partial charge in [0.25, 0.3) is 5.91 Å². The molecule has 1 fully saturated rings. The largest absolute Gasteiger partial charge is 0.466 e. The van der Waals surface area contributed by atoms with E-state index in [0.717, 1.165) is 44.8 Å². The average molecular weight is 332 g/mol. The van der Waals surface area contributed by atoms with Crippen LogP contribution in [-0.4, -0.2) is 30.4 Å². The van der Waals surface area contributed by atoms with Crippen LogP contribution in [-0.2, 0) is 6.54 Å². The van der Waals surface area contributed by atoms with Crippen LogP contribution in [0.15, 0.2) is 27.3 Å². The minimum absolute atomic E-state index is 0.0138. The maximum atomic E-state index is 12.2. The third-order valence-electron chi connectivity index (χ3n) is 4.53. The number of nitrogens with zero attached hydrogens (tertiary/aromatic N) is 1. The molecule has 0 unspecified atom stereocenters. The number of likely N-dealkylation sites (tertiary alicyclic amines) is 1. The van der Waals surface area contributed by atoms with E-state index in [1.165, 1.54) is 5.56 Å². The fourth-order valence-corrected chi connectivity index (χ4v) is 3.84. The molecule has 4 nitrogen and oxygen atoms in total. The van der Waals surface area contributed by atoms with Gasteiger partial charge in [0.2, 0.25) is 0 Å². The lowest BCUT2D eigenvalue weighted by Crippen LogP contribution is -2.38. The summed E-state index contributed by atoms with van der Waals surface area (Å²) in [5.74, 6) is 2.05. The van der Waals surface area contributed by atoms with Crippen LogP contribution in [0.3, 0.4) is 0 Å². The molecule has 0 spiro atoms. The number of carbonyl (C=O) groups is 1. The van der Waals surface area contributed by atoms with Crippen LogP contribution in [0.2, 0.25) is 0 Å². The van der Waals surface area contributed by atoms with Crippen molar-refractivity contribution >= 4 is 17.2 Å². The third kappa shape index (κ3) is 4.24. The lowest BCUT2D eigenvalue weighted by Gasteiger charge is -2.31. The molecule has 2 aromatic rings. The second kappa shape index (κ2) is 7.32. The first-order chi connectivity index (χ1) is 11.1. The Morgan fingerprint density at radius 2 is 2.17 bits per heavy atom. The van der Waals surface area contributed by atoms with Crippen molar-refractivity contribution in [1.82, 2.24) is 10.2 Å². The Kier molecular flexibility index (Phi) is 5.18. The molecular weight excluding hydrogens is 308 g/mol. The van der Waals surface area contributed by atoms with Gasteiger partial charge in [-0.2, -0.15) is 11.3 Å². The van der Waals surface area contributed by atoms with Gasteiger partial charge >= 0.3 is 0 Å². The summed E-state index contributed by atoms with van der Waals surface area (Å²) in [6.07, 6.45) is 2.29. The zero-order valence-electron chi connectivity index (χ0n) is 13.8. The number of carbonyl (C=O) groups excluding carboxylic acids is 1. The molecule has 2 aromatic heterocycles. The number of rotatable bonds is 5. The fourth-order valence-electron chi connectivity index (χ4n) is 3.18. The molecule has 5 heteroatoms. The molecule has 124 valence electrons. The lowest BCUT2D eigenvalue weighted by atomic mass is 9.96. The highest BCUT2D eigenvalue weighted by Gasteiger charge is 2.21. The molecule has 0 aliphatic carbocycles. The summed E-state index contributed by atoms with van der Waals surface area (Å²) in [6, 6.07) is 4.01. The van der Waals surface area contributed by atoms with Crippen LogP contribution in [0, 0.1) is 19.8 Å². The summed E-state index contributed by atoms with van der Waals surface area (Å²) in [5.41, 5.74) is 2.07. The normalized spacial score (nSPS) is 16.6. The number of hydrogen-bond acceptors (Lipinski definition) is 4. The highest BCUT2D eigenvalue weighted by Crippen LogP contribution is 2.20. The number of furan rings is 1. The van der Waals surface area contributed by atoms with Crippen LogP contribution < -0.4 is 5.32 Å². The number of nitrogens with one attached hydrogen (secondary N) is 1. The monoisotopic (exact) mass is 332 g/mol. The molecule has 0 radical (unpaired) electrons. The number of amides is 1. The topological polar surface area (TPSA) is 45.5 Å². The van der Waals surface area contributed by atoms with Gasteiger partial charge in [-0.15, -0.1) is 0 Å². The lowest BCUT2D eigenvalue weighted by molar-refractivity contribution is 0.0933. The first-order valence-corrected chi connectivity index (χ1v) is 9.15. The maximum Gasteiger partial charge on any atom is 0.254 e. The number of aryl methyl sites for hydroxylation is 2. The zero-order chi connectivity index (χ0) is 16.2. The number of thiophene rings is 1. The predicted octanol–water partition coefficient (Wildman–Crippen LogP) is 3.60. The zero-order valence-corrected chi connectivity index (χ0v) is 14.6. The van der Waals surface area contributed by atoms with Gasteiger partial charge in [0.1, 0.15) is 11.5 Å². The SMILES string of the molecule is Cc1cc(C(=O)NCC2CCN(Cc3ccsc3)CC2)c(C)o1. The second-order valence-corrected chi connectivity index (χ2v) is 7.17. The van der Waals surface area contributed by atoms with Crippen molar-refractivity contribution < 1.29 is 9.21 Å². The molecule has 23 heavy (non-hydrogen) atoms. The number of piperidine rings is 1. The molecule has 1 amide bonds. The van der Waals surface area contributed by atoms with E-state index in [9.17, 15) is 4.79 Å². The Hall–Kier alpha value is -1.59. The first-order valence-electron chi connectivity index (χ1n) is 8.20. The van der Waals surface area contributed by atoms with E-state index >= 15 is 0 Å². The molecule has 3 rings (SSSR count). The second-order valence-electron chi connectivity index (χ2n) is 6.39. The third-order valence-corrected chi connectivity index (χ3v) is 5.26. The van der Waals surface area contributed by atoms with Gasteiger partial charge in [0, 0.05) is 13.1 Å². The van der Waals surface area contributed by atoms with Crippen molar-refractivity contribution in [2.45, 2.75) is 33.2 Å². The van der Waals surface area contributed by atoms with Crippen molar-refractivity contribution in [2.75, 3.05) is 19.6 Å². The van der Waals surface area contributed by atoms with Gasteiger partial charge in [-0.25, -0.2) is 0 Å². The quantitative estimate of drug-likeness (QED) is 0.910. The van der Waals surface area contributed by atoms with Crippen LogP contribution >= 0.6 is 11.3 Å². The molecule has 1 aliphatic heterocycles. The minimum atomic E-state index is -0.0138. The van der Waals surface area contributed by atoms with Crippen molar-refractivity contribution in [3.8, 4) is 0 Å². The van der Waals surface area contributed by atoms with Gasteiger partial charge in [-0.3, -0.25) is 9.69 Å². The Balaban J connectivity index is 1.42. The molecular formula is C18H24N2O2S. The summed E-state index contributed by atoms with van der Waals surface area (Å²) in [6.45, 7) is 7.74. The molecule has 3 heterocycles. The standard InChI is InChI=1S/C18H24N2O2S/c1-13-9-17(14(2)22-13)18(21)19-10-15-3-6-20(7-4-15)11-16-5-8-23-12-16/h5,8-9,12,15H,3-4,6-7,10-11H2,1-2H3,(H,19,21). The van der Waals surface area contributed by atoms with Crippen molar-refractivity contribution in [3.63, 3.8) is 0 Å². The van der Waals surface area contributed by atoms with Crippen LogP contribution in [0.1, 0.15) is 40.3 Å². The number of hydrogen-bond donors (Lipinski definition) is 1. The summed E-state index contributed by atoms with van der Waals surface area (Å²) in [5, 5.41) is 7.43. The predicted molar refractivity (Wildman–Crippen MR) is 92.8 cm³/mol. The van der Waals surface area contributed by atoms with E-state index in [-0.39, 0.29) is 5.91 Å². The van der Waals surface area contributed by atoms with E-state index in [0.29, 0.717) is 17.2 Å². The molecule has 1 N–H and O–H groups in total. The summed E-state index contributed by atoms with van der Waals surface area (Å²) < 4.78 is 5.42. The minimum Gasteiger partial charge on any atom is -0.466 e. The molecule has 0 aromatic carbocycles. The Labute approximate surface area is 141 Å². The first kappa shape index (κ1) is 16.3. The van der Waals surface area contributed by atoms with Gasteiger partial charge < -0.3 is 9.73 Å². The fraction of sp³-hybridized carbons (Fsp3) is 0.500. The van der Waals surface area contributed by atoms with E-state index in [4.69, 9.17) is 4.42 Å². The Morgan fingerprint density at radius 3 is 2.78 bits per heavy atom. The molecule has 1 aliphatic rings. The Bertz CT molecular complexity index is 640. The highest BCUT2D eigenvalue weighted by molar-refractivity contribution is 7.07. The molecule has 0 bridgehead atoms. The maximum absolute atomic E-state index is 12.2. The molecule has 0 atom stereocenters. The smallest absolute Gasteiger partial charge is 0.254 e. The van der Waals surface area contributed by atoms with E-state index in [2.05, 4.69) is 27.0 Å². The van der Waals surface area contributed by atoms with Gasteiger partial charge in [-0.1, -0.05) is 0 Å². The van der Waals surface area contributed by atoms with Crippen LogP contribution in [0.25, 0.3) is 0 Å². The van der Waals surface area contributed by atoms with Crippen LogP contribution in [0.5, 0.6) is 0 Å². The molecule has 0 saturated carbocycles. The van der Waals surface area contributed by atoms with Gasteiger partial charge in [-0.05, 0) is 74.2 Å². The van der Waals surface area contributed by atoms with E-state index in [1.54, 1.807) is 11.3 Å². The van der Waals surface area contributed by atoms with Crippen LogP contribution in [0.4, 0.5) is 0 Å². The molecule has 1 saturated heterocycles. The van der Waals surface area contributed by atoms with Crippen molar-refractivity contribution in [1.29, 1.82) is 0 Å². The summed E-state index contributed by atoms with van der Waals surface area (Å²) in [4.78, 5) is 14.7. The van der Waals surface area contributed by atoms with E-state index in [1.807, 2.05) is 19.9 Å². The summed E-state index contributed by atoms with van der Waals surface area (Å²) in [7, 11) is 0. The summed E-state index contributed by atoms with van der Waals surface area (Å²) >= 11 is 1.76. The van der Waals surface area contributed by atoms with E-state index < -0.39 is 0 Å². The van der Waals surface area contributed by atoms with Gasteiger partial charge in [0.15, 0.2) is 0 Å². The highest BCUT2D eigenvalue weighted by atomic mass is 32.1. The van der Waals surface area contributed by atoms with Crippen molar-refractivity contribution in [2.24, 2.45) is 5.92 Å².